The Morgan fingerprint density at radius 2 is 2.19 bits per heavy atom. The van der Waals surface area contributed by atoms with E-state index in [2.05, 4.69) is 20.9 Å². The predicted octanol–water partition coefficient (Wildman–Crippen LogP) is 3.14. The molecule has 84 valence electrons. The van der Waals surface area contributed by atoms with Crippen LogP contribution in [0.4, 0.5) is 0 Å². The van der Waals surface area contributed by atoms with Gasteiger partial charge in [-0.3, -0.25) is 9.36 Å². The van der Waals surface area contributed by atoms with Gasteiger partial charge in [-0.25, -0.2) is 4.98 Å². The number of aromatic nitrogens is 2. The molecule has 0 radical (unpaired) electrons. The highest BCUT2D eigenvalue weighted by atomic mass is 79.9. The van der Waals surface area contributed by atoms with Crippen molar-refractivity contribution >= 4 is 38.4 Å². The molecule has 0 unspecified atom stereocenters. The molecule has 0 aliphatic carbocycles. The lowest BCUT2D eigenvalue weighted by atomic mass is 10.1. The summed E-state index contributed by atoms with van der Waals surface area (Å²) >= 11 is 9.34. The molecule has 2 rings (SSSR count). The average molecular weight is 302 g/mol. The van der Waals surface area contributed by atoms with Crippen molar-refractivity contribution in [3.8, 4) is 0 Å². The Balaban J connectivity index is 3.05. The molecule has 0 atom stereocenters. The van der Waals surface area contributed by atoms with Crippen LogP contribution in [0, 0.1) is 6.92 Å². The van der Waals surface area contributed by atoms with E-state index in [1.807, 2.05) is 26.0 Å². The van der Waals surface area contributed by atoms with Crippen LogP contribution < -0.4 is 5.56 Å². The van der Waals surface area contributed by atoms with Crippen molar-refractivity contribution in [1.29, 1.82) is 0 Å². The number of rotatable bonds is 1. The number of nitrogens with zero attached hydrogens (tertiary/aromatic N) is 2. The van der Waals surface area contributed by atoms with Gasteiger partial charge in [0.05, 0.1) is 10.9 Å². The normalized spacial score (nSPS) is 11.0. The summed E-state index contributed by atoms with van der Waals surface area (Å²) in [6.07, 6.45) is 0. The zero-order chi connectivity index (χ0) is 11.9. The molecular formula is C11H10BrClN2O. The molecule has 0 spiro atoms. The maximum Gasteiger partial charge on any atom is 0.263 e. The molecular weight excluding hydrogens is 291 g/mol. The van der Waals surface area contributed by atoms with E-state index in [0.29, 0.717) is 17.4 Å². The molecule has 5 heteroatoms. The van der Waals surface area contributed by atoms with Gasteiger partial charge in [-0.15, -0.1) is 0 Å². The fraction of sp³-hybridized carbons (Fsp3) is 0.273. The minimum Gasteiger partial charge on any atom is -0.283 e. The summed E-state index contributed by atoms with van der Waals surface area (Å²) in [6.45, 7) is 4.29. The maximum absolute atomic E-state index is 12.2. The first-order valence-electron chi connectivity index (χ1n) is 4.91. The molecule has 0 amide bonds. The molecule has 16 heavy (non-hydrogen) atoms. The fourth-order valence-electron chi connectivity index (χ4n) is 1.66. The van der Waals surface area contributed by atoms with E-state index in [4.69, 9.17) is 11.6 Å². The van der Waals surface area contributed by atoms with Crippen molar-refractivity contribution in [3.05, 3.63) is 37.8 Å². The Morgan fingerprint density at radius 1 is 1.50 bits per heavy atom. The molecule has 1 aromatic carbocycles. The second-order valence-corrected chi connectivity index (χ2v) is 4.71. The van der Waals surface area contributed by atoms with E-state index >= 15 is 0 Å². The van der Waals surface area contributed by atoms with Gasteiger partial charge >= 0.3 is 0 Å². The predicted molar refractivity (Wildman–Crippen MR) is 69.1 cm³/mol. The SMILES string of the molecule is CCn1c(Cl)nc2c(C)ccc(Br)c2c1=O. The van der Waals surface area contributed by atoms with Crippen molar-refractivity contribution in [1.82, 2.24) is 9.55 Å². The Hall–Kier alpha value is -0.870. The van der Waals surface area contributed by atoms with E-state index in [9.17, 15) is 4.79 Å². The van der Waals surface area contributed by atoms with E-state index in [1.54, 1.807) is 0 Å². The molecule has 0 aliphatic heterocycles. The van der Waals surface area contributed by atoms with Crippen molar-refractivity contribution in [3.63, 3.8) is 0 Å². The summed E-state index contributed by atoms with van der Waals surface area (Å²) in [6, 6.07) is 3.76. The summed E-state index contributed by atoms with van der Waals surface area (Å²) in [5.41, 5.74) is 1.50. The van der Waals surface area contributed by atoms with E-state index in [-0.39, 0.29) is 10.8 Å². The van der Waals surface area contributed by atoms with Gasteiger partial charge in [0, 0.05) is 11.0 Å². The topological polar surface area (TPSA) is 34.9 Å². The number of aryl methyl sites for hydroxylation is 1. The zero-order valence-electron chi connectivity index (χ0n) is 8.92. The average Bonchev–Trinajstić information content (AvgIpc) is 2.24. The molecule has 1 aromatic heterocycles. The van der Waals surface area contributed by atoms with E-state index in [1.165, 1.54) is 4.57 Å². The van der Waals surface area contributed by atoms with Gasteiger partial charge < -0.3 is 0 Å². The molecule has 1 heterocycles. The molecule has 2 aromatic rings. The quantitative estimate of drug-likeness (QED) is 0.759. The number of hydrogen-bond acceptors (Lipinski definition) is 2. The third kappa shape index (κ3) is 1.66. The molecule has 0 saturated heterocycles. The summed E-state index contributed by atoms with van der Waals surface area (Å²) in [7, 11) is 0. The monoisotopic (exact) mass is 300 g/mol. The van der Waals surface area contributed by atoms with E-state index < -0.39 is 0 Å². The summed E-state index contributed by atoms with van der Waals surface area (Å²) in [5.74, 6) is 0. The molecule has 0 aliphatic rings. The Kier molecular flexibility index (Phi) is 3.04. The Labute approximate surface area is 106 Å². The van der Waals surface area contributed by atoms with Crippen LogP contribution >= 0.6 is 27.5 Å². The van der Waals surface area contributed by atoms with Gasteiger partial charge in [-0.2, -0.15) is 0 Å². The minimum absolute atomic E-state index is 0.104. The third-order valence-electron chi connectivity index (χ3n) is 2.53. The standard InChI is InChI=1S/C11H10BrClN2O/c1-3-15-10(16)8-7(12)5-4-6(2)9(8)14-11(15)13/h4-5H,3H2,1-2H3. The van der Waals surface area contributed by atoms with E-state index in [0.717, 1.165) is 10.0 Å². The van der Waals surface area contributed by atoms with Gasteiger partial charge in [0.1, 0.15) is 0 Å². The van der Waals surface area contributed by atoms with Crippen LogP contribution in [-0.4, -0.2) is 9.55 Å². The lowest BCUT2D eigenvalue weighted by Gasteiger charge is -2.09. The van der Waals surface area contributed by atoms with Gasteiger partial charge in [-0.1, -0.05) is 6.07 Å². The van der Waals surface area contributed by atoms with Crippen LogP contribution in [0.2, 0.25) is 5.28 Å². The second-order valence-electron chi connectivity index (χ2n) is 3.52. The van der Waals surface area contributed by atoms with Gasteiger partial charge in [0.2, 0.25) is 5.28 Å². The Bertz CT molecular complexity index is 621. The van der Waals surface area contributed by atoms with Gasteiger partial charge in [0.25, 0.3) is 5.56 Å². The molecule has 0 saturated carbocycles. The van der Waals surface area contributed by atoms with Crippen LogP contribution in [0.5, 0.6) is 0 Å². The highest BCUT2D eigenvalue weighted by Crippen LogP contribution is 2.23. The molecule has 0 bridgehead atoms. The number of hydrogen-bond donors (Lipinski definition) is 0. The first-order valence-corrected chi connectivity index (χ1v) is 6.08. The smallest absolute Gasteiger partial charge is 0.263 e. The first-order chi connectivity index (χ1) is 7.56. The number of halogens is 2. The van der Waals surface area contributed by atoms with Crippen molar-refractivity contribution in [2.75, 3.05) is 0 Å². The van der Waals surface area contributed by atoms with Crippen molar-refractivity contribution < 1.29 is 0 Å². The van der Waals surface area contributed by atoms with Gasteiger partial charge in [-0.05, 0) is 53.0 Å². The van der Waals surface area contributed by atoms with Crippen LogP contribution in [-0.2, 0) is 6.54 Å². The highest BCUT2D eigenvalue weighted by Gasteiger charge is 2.12. The zero-order valence-corrected chi connectivity index (χ0v) is 11.3. The molecule has 3 nitrogen and oxygen atoms in total. The van der Waals surface area contributed by atoms with Crippen LogP contribution in [0.25, 0.3) is 10.9 Å². The second kappa shape index (κ2) is 4.18. The fourth-order valence-corrected chi connectivity index (χ4v) is 2.43. The molecule has 0 N–H and O–H groups in total. The number of benzene rings is 1. The first kappa shape index (κ1) is 11.6. The van der Waals surface area contributed by atoms with Crippen molar-refractivity contribution in [2.45, 2.75) is 20.4 Å². The lowest BCUT2D eigenvalue weighted by molar-refractivity contribution is 0.718. The summed E-state index contributed by atoms with van der Waals surface area (Å²) < 4.78 is 2.21. The largest absolute Gasteiger partial charge is 0.283 e. The van der Waals surface area contributed by atoms with Crippen LogP contribution in [0.1, 0.15) is 12.5 Å². The number of fused-ring (bicyclic) bond motifs is 1. The highest BCUT2D eigenvalue weighted by molar-refractivity contribution is 9.10. The van der Waals surface area contributed by atoms with Crippen LogP contribution in [0.15, 0.2) is 21.4 Å². The van der Waals surface area contributed by atoms with Crippen LogP contribution in [0.3, 0.4) is 0 Å². The summed E-state index contributed by atoms with van der Waals surface area (Å²) in [4.78, 5) is 16.4. The summed E-state index contributed by atoms with van der Waals surface area (Å²) in [5, 5.41) is 0.826. The molecule has 0 fully saturated rings. The third-order valence-corrected chi connectivity index (χ3v) is 3.48. The minimum atomic E-state index is -0.104. The lowest BCUT2D eigenvalue weighted by Crippen LogP contribution is -2.21. The van der Waals surface area contributed by atoms with Crippen molar-refractivity contribution in [2.24, 2.45) is 0 Å². The van der Waals surface area contributed by atoms with Gasteiger partial charge in [0.15, 0.2) is 0 Å². The Morgan fingerprint density at radius 3 is 2.81 bits per heavy atom. The maximum atomic E-state index is 12.2.